The molecule has 3 fully saturated rings. The lowest BCUT2D eigenvalue weighted by Gasteiger charge is -2.41. The first-order valence-electron chi connectivity index (χ1n) is 9.99. The van der Waals surface area contributed by atoms with Crippen LogP contribution in [0.1, 0.15) is 69.4 Å². The molecule has 0 N–H and O–H groups in total. The van der Waals surface area contributed by atoms with Gasteiger partial charge < -0.3 is 4.90 Å². The predicted octanol–water partition coefficient (Wildman–Crippen LogP) is 3.73. The SMILES string of the molecule is Cn1nccc1C1CCN(C(=O)[C@@H]2CC[C@@H]3CCCC[C@@H]3C2)CC1. The van der Waals surface area contributed by atoms with Crippen molar-refractivity contribution < 1.29 is 4.79 Å². The van der Waals surface area contributed by atoms with E-state index in [0.29, 0.717) is 17.7 Å². The van der Waals surface area contributed by atoms with E-state index in [1.807, 2.05) is 17.9 Å². The fourth-order valence-corrected chi connectivity index (χ4v) is 5.54. The van der Waals surface area contributed by atoms with Crippen LogP contribution in [0.3, 0.4) is 0 Å². The highest BCUT2D eigenvalue weighted by atomic mass is 16.2. The van der Waals surface area contributed by atoms with E-state index in [4.69, 9.17) is 0 Å². The summed E-state index contributed by atoms with van der Waals surface area (Å²) in [7, 11) is 2.02. The van der Waals surface area contributed by atoms with Crippen molar-refractivity contribution >= 4 is 5.91 Å². The maximum atomic E-state index is 13.0. The number of aryl methyl sites for hydroxylation is 1. The van der Waals surface area contributed by atoms with E-state index in [1.165, 1.54) is 44.2 Å². The number of fused-ring (bicyclic) bond motifs is 1. The highest BCUT2D eigenvalue weighted by Crippen LogP contribution is 2.43. The fraction of sp³-hybridized carbons (Fsp3) is 0.800. The molecule has 4 rings (SSSR count). The Morgan fingerprint density at radius 2 is 1.79 bits per heavy atom. The first-order chi connectivity index (χ1) is 11.7. The summed E-state index contributed by atoms with van der Waals surface area (Å²) in [5, 5.41) is 4.29. The zero-order chi connectivity index (χ0) is 16.5. The summed E-state index contributed by atoms with van der Waals surface area (Å²) in [6, 6.07) is 2.13. The highest BCUT2D eigenvalue weighted by molar-refractivity contribution is 5.79. The number of carbonyl (C=O) groups excluding carboxylic acids is 1. The number of likely N-dealkylation sites (tertiary alicyclic amines) is 1. The minimum atomic E-state index is 0.317. The quantitative estimate of drug-likeness (QED) is 0.829. The summed E-state index contributed by atoms with van der Waals surface area (Å²) >= 11 is 0. The van der Waals surface area contributed by atoms with Crippen molar-refractivity contribution in [2.75, 3.05) is 13.1 Å². The summed E-state index contributed by atoms with van der Waals surface area (Å²) in [6.45, 7) is 1.86. The highest BCUT2D eigenvalue weighted by Gasteiger charge is 2.37. The molecular formula is C20H31N3O. The molecule has 3 atom stereocenters. The summed E-state index contributed by atoms with van der Waals surface area (Å²) in [5.74, 6) is 3.11. The van der Waals surface area contributed by atoms with Crippen LogP contribution in [-0.4, -0.2) is 33.7 Å². The molecule has 132 valence electrons. The van der Waals surface area contributed by atoms with Crippen molar-refractivity contribution in [1.82, 2.24) is 14.7 Å². The van der Waals surface area contributed by atoms with E-state index < -0.39 is 0 Å². The smallest absolute Gasteiger partial charge is 0.225 e. The molecule has 3 aliphatic rings. The molecule has 2 heterocycles. The minimum Gasteiger partial charge on any atom is -0.342 e. The van der Waals surface area contributed by atoms with Crippen LogP contribution in [0.2, 0.25) is 0 Å². The van der Waals surface area contributed by atoms with Crippen LogP contribution in [0.5, 0.6) is 0 Å². The van der Waals surface area contributed by atoms with Gasteiger partial charge in [-0.25, -0.2) is 0 Å². The molecular weight excluding hydrogens is 298 g/mol. The van der Waals surface area contributed by atoms with Crippen LogP contribution in [0, 0.1) is 17.8 Å². The average molecular weight is 329 g/mol. The molecule has 1 aromatic heterocycles. The summed E-state index contributed by atoms with van der Waals surface area (Å²) in [5.41, 5.74) is 1.32. The van der Waals surface area contributed by atoms with Crippen LogP contribution in [0.15, 0.2) is 12.3 Å². The molecule has 4 nitrogen and oxygen atoms in total. The fourth-order valence-electron chi connectivity index (χ4n) is 5.54. The third kappa shape index (κ3) is 3.12. The van der Waals surface area contributed by atoms with Gasteiger partial charge in [0.2, 0.25) is 5.91 Å². The Kier molecular flexibility index (Phi) is 4.64. The normalized spacial score (nSPS) is 31.7. The molecule has 0 spiro atoms. The van der Waals surface area contributed by atoms with Gasteiger partial charge in [-0.2, -0.15) is 5.10 Å². The molecule has 4 heteroatoms. The summed E-state index contributed by atoms with van der Waals surface area (Å²) in [6.07, 6.45) is 13.3. The van der Waals surface area contributed by atoms with Crippen LogP contribution in [0.25, 0.3) is 0 Å². The molecule has 1 amide bonds. The van der Waals surface area contributed by atoms with Crippen LogP contribution >= 0.6 is 0 Å². The maximum absolute atomic E-state index is 13.0. The van der Waals surface area contributed by atoms with Gasteiger partial charge in [-0.15, -0.1) is 0 Å². The first kappa shape index (κ1) is 16.2. The van der Waals surface area contributed by atoms with Crippen LogP contribution < -0.4 is 0 Å². The van der Waals surface area contributed by atoms with Crippen molar-refractivity contribution in [3.8, 4) is 0 Å². The van der Waals surface area contributed by atoms with Gasteiger partial charge in [0.25, 0.3) is 0 Å². The van der Waals surface area contributed by atoms with E-state index >= 15 is 0 Å². The van der Waals surface area contributed by atoms with Gasteiger partial charge in [-0.05, 0) is 50.0 Å². The topological polar surface area (TPSA) is 38.1 Å². The summed E-state index contributed by atoms with van der Waals surface area (Å²) < 4.78 is 1.99. The molecule has 2 aliphatic carbocycles. The van der Waals surface area contributed by atoms with E-state index in [0.717, 1.165) is 44.2 Å². The van der Waals surface area contributed by atoms with Crippen molar-refractivity contribution in [1.29, 1.82) is 0 Å². The molecule has 24 heavy (non-hydrogen) atoms. The van der Waals surface area contributed by atoms with Crippen molar-refractivity contribution in [2.24, 2.45) is 24.8 Å². The van der Waals surface area contributed by atoms with Gasteiger partial charge in [0, 0.05) is 43.9 Å². The second kappa shape index (κ2) is 6.89. The average Bonchev–Trinajstić information content (AvgIpc) is 3.07. The van der Waals surface area contributed by atoms with Gasteiger partial charge in [-0.3, -0.25) is 9.48 Å². The molecule has 1 aromatic rings. The molecule has 0 radical (unpaired) electrons. The number of piperidine rings is 1. The second-order valence-corrected chi connectivity index (χ2v) is 8.29. The maximum Gasteiger partial charge on any atom is 0.225 e. The van der Waals surface area contributed by atoms with Gasteiger partial charge in [-0.1, -0.05) is 25.7 Å². The Hall–Kier alpha value is -1.32. The van der Waals surface area contributed by atoms with Crippen molar-refractivity contribution in [3.05, 3.63) is 18.0 Å². The Morgan fingerprint density at radius 3 is 2.50 bits per heavy atom. The van der Waals surface area contributed by atoms with Crippen molar-refractivity contribution in [3.63, 3.8) is 0 Å². The number of rotatable bonds is 2. The Morgan fingerprint density at radius 1 is 1.04 bits per heavy atom. The Balaban J connectivity index is 1.32. The molecule has 0 bridgehead atoms. The largest absolute Gasteiger partial charge is 0.342 e. The van der Waals surface area contributed by atoms with Crippen LogP contribution in [-0.2, 0) is 11.8 Å². The number of hydrogen-bond donors (Lipinski definition) is 0. The third-order valence-corrected chi connectivity index (χ3v) is 6.97. The number of carbonyl (C=O) groups is 1. The van der Waals surface area contributed by atoms with Gasteiger partial charge >= 0.3 is 0 Å². The minimum absolute atomic E-state index is 0.317. The number of amides is 1. The first-order valence-corrected chi connectivity index (χ1v) is 9.99. The standard InChI is InChI=1S/C20H31N3O/c1-22-19(8-11-21-22)16-9-12-23(13-10-16)20(24)18-7-6-15-4-2-3-5-17(15)14-18/h8,11,15-18H,2-7,9-10,12-14H2,1H3/t15-,17+,18+/m0/s1. The van der Waals surface area contributed by atoms with E-state index in [-0.39, 0.29) is 0 Å². The zero-order valence-electron chi connectivity index (χ0n) is 15.0. The molecule has 1 aliphatic heterocycles. The number of nitrogens with zero attached hydrogens (tertiary/aromatic N) is 3. The lowest BCUT2D eigenvalue weighted by atomic mass is 9.67. The van der Waals surface area contributed by atoms with E-state index in [9.17, 15) is 4.79 Å². The monoisotopic (exact) mass is 329 g/mol. The van der Waals surface area contributed by atoms with Crippen molar-refractivity contribution in [2.45, 2.75) is 63.7 Å². The van der Waals surface area contributed by atoms with E-state index in [1.54, 1.807) is 0 Å². The van der Waals surface area contributed by atoms with Gasteiger partial charge in [0.1, 0.15) is 0 Å². The predicted molar refractivity (Wildman–Crippen MR) is 94.6 cm³/mol. The Bertz CT molecular complexity index is 573. The molecule has 2 saturated carbocycles. The van der Waals surface area contributed by atoms with Crippen LogP contribution in [0.4, 0.5) is 0 Å². The Labute approximate surface area is 145 Å². The number of aromatic nitrogens is 2. The number of hydrogen-bond acceptors (Lipinski definition) is 2. The lowest BCUT2D eigenvalue weighted by molar-refractivity contribution is -0.139. The molecule has 0 unspecified atom stereocenters. The molecule has 1 saturated heterocycles. The summed E-state index contributed by atoms with van der Waals surface area (Å²) in [4.78, 5) is 15.2. The zero-order valence-corrected chi connectivity index (χ0v) is 15.0. The lowest BCUT2D eigenvalue weighted by Crippen LogP contribution is -2.43. The van der Waals surface area contributed by atoms with Gasteiger partial charge in [0.05, 0.1) is 0 Å². The molecule has 0 aromatic carbocycles. The third-order valence-electron chi connectivity index (χ3n) is 6.97. The van der Waals surface area contributed by atoms with E-state index in [2.05, 4.69) is 16.1 Å². The van der Waals surface area contributed by atoms with Gasteiger partial charge in [0.15, 0.2) is 0 Å². The second-order valence-electron chi connectivity index (χ2n) is 8.29.